The SMILES string of the molecule is O=C(O)CCNC(=O)C1Cc2ccccc2C1. The van der Waals surface area contributed by atoms with Crippen LogP contribution >= 0.6 is 0 Å². The van der Waals surface area contributed by atoms with Gasteiger partial charge in [0, 0.05) is 12.5 Å². The van der Waals surface area contributed by atoms with Crippen molar-refractivity contribution in [2.24, 2.45) is 5.92 Å². The molecule has 0 saturated heterocycles. The van der Waals surface area contributed by atoms with Crippen LogP contribution in [-0.4, -0.2) is 23.5 Å². The smallest absolute Gasteiger partial charge is 0.305 e. The van der Waals surface area contributed by atoms with Crippen molar-refractivity contribution < 1.29 is 14.7 Å². The fraction of sp³-hybridized carbons (Fsp3) is 0.385. The van der Waals surface area contributed by atoms with Gasteiger partial charge < -0.3 is 10.4 Å². The number of rotatable bonds is 4. The number of hydrogen-bond acceptors (Lipinski definition) is 2. The van der Waals surface area contributed by atoms with Gasteiger partial charge in [-0.15, -0.1) is 0 Å². The zero-order valence-corrected chi connectivity index (χ0v) is 9.48. The van der Waals surface area contributed by atoms with Crippen LogP contribution in [0.2, 0.25) is 0 Å². The van der Waals surface area contributed by atoms with Gasteiger partial charge in [-0.2, -0.15) is 0 Å². The van der Waals surface area contributed by atoms with Crippen molar-refractivity contribution in [1.82, 2.24) is 5.32 Å². The van der Waals surface area contributed by atoms with E-state index in [4.69, 9.17) is 5.11 Å². The molecule has 2 rings (SSSR count). The number of carbonyl (C=O) groups excluding carboxylic acids is 1. The summed E-state index contributed by atoms with van der Waals surface area (Å²) in [7, 11) is 0. The second kappa shape index (κ2) is 4.99. The Kier molecular flexibility index (Phi) is 3.42. The van der Waals surface area contributed by atoms with Crippen LogP contribution in [0.4, 0.5) is 0 Å². The van der Waals surface area contributed by atoms with E-state index in [2.05, 4.69) is 5.32 Å². The molecule has 4 nitrogen and oxygen atoms in total. The summed E-state index contributed by atoms with van der Waals surface area (Å²) in [6.07, 6.45) is 1.50. The number of hydrogen-bond donors (Lipinski definition) is 2. The van der Waals surface area contributed by atoms with Gasteiger partial charge in [-0.05, 0) is 24.0 Å². The summed E-state index contributed by atoms with van der Waals surface area (Å²) in [5, 5.41) is 11.2. The molecule has 0 saturated carbocycles. The molecule has 0 heterocycles. The minimum Gasteiger partial charge on any atom is -0.481 e. The summed E-state index contributed by atoms with van der Waals surface area (Å²) in [6, 6.07) is 8.03. The predicted octanol–water partition coefficient (Wildman–Crippen LogP) is 0.992. The van der Waals surface area contributed by atoms with E-state index in [-0.39, 0.29) is 24.8 Å². The summed E-state index contributed by atoms with van der Waals surface area (Å²) in [5.41, 5.74) is 2.46. The lowest BCUT2D eigenvalue weighted by atomic mass is 10.1. The molecular weight excluding hydrogens is 218 g/mol. The molecule has 90 valence electrons. The van der Waals surface area contributed by atoms with Crippen molar-refractivity contribution in [2.75, 3.05) is 6.54 Å². The average molecular weight is 233 g/mol. The Labute approximate surface area is 99.6 Å². The maximum absolute atomic E-state index is 11.8. The molecule has 0 unspecified atom stereocenters. The van der Waals surface area contributed by atoms with Gasteiger partial charge in [-0.3, -0.25) is 9.59 Å². The van der Waals surface area contributed by atoms with E-state index in [1.807, 2.05) is 24.3 Å². The third-order valence-electron chi connectivity index (χ3n) is 3.06. The van der Waals surface area contributed by atoms with E-state index >= 15 is 0 Å². The number of benzene rings is 1. The van der Waals surface area contributed by atoms with Crippen LogP contribution in [0.3, 0.4) is 0 Å². The fourth-order valence-electron chi connectivity index (χ4n) is 2.18. The highest BCUT2D eigenvalue weighted by Crippen LogP contribution is 2.26. The third kappa shape index (κ3) is 2.84. The highest BCUT2D eigenvalue weighted by atomic mass is 16.4. The molecule has 1 amide bonds. The average Bonchev–Trinajstić information content (AvgIpc) is 2.71. The lowest BCUT2D eigenvalue weighted by molar-refractivity contribution is -0.137. The van der Waals surface area contributed by atoms with E-state index in [9.17, 15) is 9.59 Å². The van der Waals surface area contributed by atoms with Crippen LogP contribution in [0.25, 0.3) is 0 Å². The fourth-order valence-corrected chi connectivity index (χ4v) is 2.18. The molecule has 0 aliphatic heterocycles. The number of carboxylic acids is 1. The van der Waals surface area contributed by atoms with Crippen LogP contribution in [-0.2, 0) is 22.4 Å². The van der Waals surface area contributed by atoms with E-state index < -0.39 is 5.97 Å². The predicted molar refractivity (Wildman–Crippen MR) is 62.6 cm³/mol. The molecule has 2 N–H and O–H groups in total. The van der Waals surface area contributed by atoms with Crippen molar-refractivity contribution in [3.8, 4) is 0 Å². The molecule has 1 aromatic rings. The van der Waals surface area contributed by atoms with Gasteiger partial charge in [-0.25, -0.2) is 0 Å². The maximum atomic E-state index is 11.8. The van der Waals surface area contributed by atoms with Gasteiger partial charge in [0.05, 0.1) is 6.42 Å². The van der Waals surface area contributed by atoms with Crippen LogP contribution in [0.15, 0.2) is 24.3 Å². The second-order valence-electron chi connectivity index (χ2n) is 4.31. The van der Waals surface area contributed by atoms with Gasteiger partial charge in [0.1, 0.15) is 0 Å². The number of carboxylic acid groups (broad SMARTS) is 1. The molecule has 0 fully saturated rings. The van der Waals surface area contributed by atoms with E-state index in [0.29, 0.717) is 0 Å². The van der Waals surface area contributed by atoms with Crippen molar-refractivity contribution in [2.45, 2.75) is 19.3 Å². The molecule has 0 spiro atoms. The van der Waals surface area contributed by atoms with Crippen LogP contribution in [0.5, 0.6) is 0 Å². The van der Waals surface area contributed by atoms with Crippen molar-refractivity contribution in [1.29, 1.82) is 0 Å². The number of fused-ring (bicyclic) bond motifs is 1. The highest BCUT2D eigenvalue weighted by Gasteiger charge is 2.26. The standard InChI is InChI=1S/C13H15NO3/c15-12(16)5-6-14-13(17)11-7-9-3-1-2-4-10(9)8-11/h1-4,11H,5-8H2,(H,14,17)(H,15,16). The van der Waals surface area contributed by atoms with Crippen molar-refractivity contribution in [3.63, 3.8) is 0 Å². The minimum atomic E-state index is -0.889. The molecule has 1 aliphatic rings. The van der Waals surface area contributed by atoms with Gasteiger partial charge in [-0.1, -0.05) is 24.3 Å². The van der Waals surface area contributed by atoms with Gasteiger partial charge >= 0.3 is 5.97 Å². The number of amides is 1. The zero-order chi connectivity index (χ0) is 12.3. The largest absolute Gasteiger partial charge is 0.481 e. The Morgan fingerprint density at radius 3 is 2.35 bits per heavy atom. The minimum absolute atomic E-state index is 0.0224. The summed E-state index contributed by atoms with van der Waals surface area (Å²) in [6.45, 7) is 0.209. The first-order valence-corrected chi connectivity index (χ1v) is 5.73. The van der Waals surface area contributed by atoms with Crippen LogP contribution < -0.4 is 5.32 Å². The topological polar surface area (TPSA) is 66.4 Å². The maximum Gasteiger partial charge on any atom is 0.305 e. The Morgan fingerprint density at radius 2 is 1.82 bits per heavy atom. The first-order valence-electron chi connectivity index (χ1n) is 5.73. The monoisotopic (exact) mass is 233 g/mol. The Bertz CT molecular complexity index is 417. The Morgan fingerprint density at radius 1 is 1.24 bits per heavy atom. The number of aliphatic carboxylic acids is 1. The summed E-state index contributed by atoms with van der Waals surface area (Å²) in [5.74, 6) is -0.969. The van der Waals surface area contributed by atoms with E-state index in [1.165, 1.54) is 11.1 Å². The Balaban J connectivity index is 1.86. The zero-order valence-electron chi connectivity index (χ0n) is 9.48. The summed E-state index contributed by atoms with van der Waals surface area (Å²) < 4.78 is 0. The quantitative estimate of drug-likeness (QED) is 0.815. The molecule has 4 heteroatoms. The summed E-state index contributed by atoms with van der Waals surface area (Å²) in [4.78, 5) is 22.1. The Hall–Kier alpha value is -1.84. The van der Waals surface area contributed by atoms with E-state index in [0.717, 1.165) is 12.8 Å². The van der Waals surface area contributed by atoms with Crippen molar-refractivity contribution >= 4 is 11.9 Å². The summed E-state index contributed by atoms with van der Waals surface area (Å²) >= 11 is 0. The first-order chi connectivity index (χ1) is 8.16. The highest BCUT2D eigenvalue weighted by molar-refractivity contribution is 5.80. The van der Waals surface area contributed by atoms with Gasteiger partial charge in [0.15, 0.2) is 0 Å². The third-order valence-corrected chi connectivity index (χ3v) is 3.06. The van der Waals surface area contributed by atoms with Gasteiger partial charge in [0.2, 0.25) is 5.91 Å². The molecule has 0 aromatic heterocycles. The van der Waals surface area contributed by atoms with Crippen molar-refractivity contribution in [3.05, 3.63) is 35.4 Å². The lowest BCUT2D eigenvalue weighted by Crippen LogP contribution is -2.32. The molecule has 0 bridgehead atoms. The van der Waals surface area contributed by atoms with Crippen LogP contribution in [0, 0.1) is 5.92 Å². The number of nitrogens with one attached hydrogen (secondary N) is 1. The molecule has 1 aliphatic carbocycles. The number of carbonyl (C=O) groups is 2. The molecule has 0 atom stereocenters. The van der Waals surface area contributed by atoms with Crippen LogP contribution in [0.1, 0.15) is 17.5 Å². The van der Waals surface area contributed by atoms with E-state index in [1.54, 1.807) is 0 Å². The molecule has 0 radical (unpaired) electrons. The second-order valence-corrected chi connectivity index (χ2v) is 4.31. The van der Waals surface area contributed by atoms with Gasteiger partial charge in [0.25, 0.3) is 0 Å². The normalized spacial score (nSPS) is 14.4. The molecule has 1 aromatic carbocycles. The molecular formula is C13H15NO3. The molecule has 17 heavy (non-hydrogen) atoms. The lowest BCUT2D eigenvalue weighted by Gasteiger charge is -2.09. The first kappa shape index (κ1) is 11.6.